The van der Waals surface area contributed by atoms with Gasteiger partial charge >= 0.3 is 12.1 Å². The van der Waals surface area contributed by atoms with E-state index in [0.29, 0.717) is 19.1 Å². The molecule has 0 spiro atoms. The summed E-state index contributed by atoms with van der Waals surface area (Å²) in [5.74, 6) is 0.280. The Labute approximate surface area is 128 Å². The van der Waals surface area contributed by atoms with Crippen molar-refractivity contribution in [3.63, 3.8) is 0 Å². The maximum absolute atomic E-state index is 11.7. The number of amides is 1. The van der Waals surface area contributed by atoms with Gasteiger partial charge in [0.25, 0.3) is 0 Å². The average molecular weight is 299 g/mol. The molecule has 122 valence electrons. The van der Waals surface area contributed by atoms with Crippen LogP contribution in [0, 0.1) is 5.92 Å². The quantitative estimate of drug-likeness (QED) is 0.730. The molecule has 0 aliphatic heterocycles. The highest BCUT2D eigenvalue weighted by molar-refractivity contribution is 5.72. The Morgan fingerprint density at radius 2 is 1.76 bits per heavy atom. The van der Waals surface area contributed by atoms with E-state index in [2.05, 4.69) is 0 Å². The number of carbonyl (C=O) groups excluding carboxylic acids is 2. The van der Waals surface area contributed by atoms with Gasteiger partial charge in [-0.2, -0.15) is 0 Å². The minimum Gasteiger partial charge on any atom is -0.465 e. The van der Waals surface area contributed by atoms with Crippen LogP contribution in [0.1, 0.15) is 59.3 Å². The third-order valence-corrected chi connectivity index (χ3v) is 3.56. The third kappa shape index (κ3) is 7.93. The molecular weight excluding hydrogens is 270 g/mol. The van der Waals surface area contributed by atoms with Gasteiger partial charge in [-0.1, -0.05) is 19.3 Å². The molecule has 1 aliphatic rings. The molecule has 5 nitrogen and oxygen atoms in total. The lowest BCUT2D eigenvalue weighted by Crippen LogP contribution is -2.35. The Morgan fingerprint density at radius 1 is 1.14 bits per heavy atom. The van der Waals surface area contributed by atoms with Crippen molar-refractivity contribution in [3.05, 3.63) is 0 Å². The second-order valence-electron chi connectivity index (χ2n) is 6.84. The van der Waals surface area contributed by atoms with E-state index in [1.807, 2.05) is 20.8 Å². The minimum atomic E-state index is -0.521. The van der Waals surface area contributed by atoms with E-state index in [9.17, 15) is 9.59 Å². The number of nitrogens with zero attached hydrogens (tertiary/aromatic N) is 1. The molecule has 0 radical (unpaired) electrons. The number of rotatable bonds is 5. The lowest BCUT2D eigenvalue weighted by Gasteiger charge is -2.24. The highest BCUT2D eigenvalue weighted by Gasteiger charge is 2.20. The molecule has 0 aromatic rings. The summed E-state index contributed by atoms with van der Waals surface area (Å²) in [4.78, 5) is 24.8. The predicted molar refractivity (Wildman–Crippen MR) is 81.0 cm³/mol. The number of esters is 1. The zero-order valence-corrected chi connectivity index (χ0v) is 13.8. The lowest BCUT2D eigenvalue weighted by atomic mass is 9.90. The van der Waals surface area contributed by atoms with Crippen molar-refractivity contribution >= 4 is 12.1 Å². The maximum atomic E-state index is 11.7. The van der Waals surface area contributed by atoms with Gasteiger partial charge in [0.1, 0.15) is 5.60 Å². The fourth-order valence-corrected chi connectivity index (χ4v) is 2.33. The Hall–Kier alpha value is -1.26. The summed E-state index contributed by atoms with van der Waals surface area (Å²) < 4.78 is 10.5. The van der Waals surface area contributed by atoms with Crippen molar-refractivity contribution < 1.29 is 19.1 Å². The van der Waals surface area contributed by atoms with Crippen LogP contribution in [0.5, 0.6) is 0 Å². The summed E-state index contributed by atoms with van der Waals surface area (Å²) >= 11 is 0. The van der Waals surface area contributed by atoms with Gasteiger partial charge in [-0.05, 0) is 39.5 Å². The molecule has 1 amide bonds. The van der Waals surface area contributed by atoms with Gasteiger partial charge in [0.05, 0.1) is 13.0 Å². The molecule has 0 N–H and O–H groups in total. The first-order chi connectivity index (χ1) is 9.78. The number of ether oxygens (including phenoxy) is 2. The van der Waals surface area contributed by atoms with E-state index < -0.39 is 11.7 Å². The summed E-state index contributed by atoms with van der Waals surface area (Å²) in [5, 5.41) is 0. The zero-order chi connectivity index (χ0) is 15.9. The normalized spacial score (nSPS) is 16.4. The first-order valence-corrected chi connectivity index (χ1v) is 7.87. The Kier molecular flexibility index (Phi) is 6.99. The summed E-state index contributed by atoms with van der Waals surface area (Å²) in [6.07, 6.45) is 5.89. The minimum absolute atomic E-state index is 0.211. The van der Waals surface area contributed by atoms with Crippen molar-refractivity contribution in [2.75, 3.05) is 20.2 Å². The first kappa shape index (κ1) is 17.8. The van der Waals surface area contributed by atoms with Gasteiger partial charge in [0.2, 0.25) is 0 Å². The lowest BCUT2D eigenvalue weighted by molar-refractivity contribution is -0.145. The third-order valence-electron chi connectivity index (χ3n) is 3.56. The molecule has 0 aromatic carbocycles. The van der Waals surface area contributed by atoms with Gasteiger partial charge in [0.15, 0.2) is 0 Å². The van der Waals surface area contributed by atoms with Gasteiger partial charge in [-0.3, -0.25) is 4.79 Å². The first-order valence-electron chi connectivity index (χ1n) is 7.87. The highest BCUT2D eigenvalue weighted by Crippen LogP contribution is 2.23. The van der Waals surface area contributed by atoms with E-state index >= 15 is 0 Å². The molecular formula is C16H29NO4. The van der Waals surface area contributed by atoms with Crippen LogP contribution in [0.4, 0.5) is 4.79 Å². The molecule has 0 unspecified atom stereocenters. The van der Waals surface area contributed by atoms with Crippen molar-refractivity contribution in [2.24, 2.45) is 5.92 Å². The molecule has 21 heavy (non-hydrogen) atoms. The van der Waals surface area contributed by atoms with E-state index in [1.165, 1.54) is 24.2 Å². The van der Waals surface area contributed by atoms with Gasteiger partial charge < -0.3 is 14.4 Å². The average Bonchev–Trinajstić information content (AvgIpc) is 2.41. The largest absolute Gasteiger partial charge is 0.465 e. The van der Waals surface area contributed by atoms with E-state index in [0.717, 1.165) is 12.8 Å². The molecule has 1 saturated carbocycles. The van der Waals surface area contributed by atoms with Crippen LogP contribution in [0.25, 0.3) is 0 Å². The molecule has 0 saturated heterocycles. The van der Waals surface area contributed by atoms with Crippen LogP contribution >= 0.6 is 0 Å². The second kappa shape index (κ2) is 8.25. The Balaban J connectivity index is 2.18. The monoisotopic (exact) mass is 299 g/mol. The van der Waals surface area contributed by atoms with Crippen LogP contribution in [0.2, 0.25) is 0 Å². The van der Waals surface area contributed by atoms with Crippen LogP contribution in [-0.2, 0) is 14.3 Å². The van der Waals surface area contributed by atoms with Gasteiger partial charge in [0, 0.05) is 13.6 Å². The molecule has 1 fully saturated rings. The summed E-state index contributed by atoms with van der Waals surface area (Å²) in [6, 6.07) is 0. The van der Waals surface area contributed by atoms with Crippen LogP contribution < -0.4 is 0 Å². The molecule has 5 heteroatoms. The molecule has 0 bridgehead atoms. The number of carbonyl (C=O) groups is 2. The summed E-state index contributed by atoms with van der Waals surface area (Å²) in [5.41, 5.74) is -0.521. The van der Waals surface area contributed by atoms with Crippen LogP contribution in [-0.4, -0.2) is 42.8 Å². The van der Waals surface area contributed by atoms with E-state index in [4.69, 9.17) is 9.47 Å². The molecule has 0 heterocycles. The zero-order valence-electron chi connectivity index (χ0n) is 13.8. The summed E-state index contributed by atoms with van der Waals surface area (Å²) in [7, 11) is 1.63. The van der Waals surface area contributed by atoms with Gasteiger partial charge in [-0.15, -0.1) is 0 Å². The Morgan fingerprint density at radius 3 is 2.33 bits per heavy atom. The molecule has 1 rings (SSSR count). The number of hydrogen-bond donors (Lipinski definition) is 0. The molecule has 0 atom stereocenters. The predicted octanol–water partition coefficient (Wildman–Crippen LogP) is 3.37. The van der Waals surface area contributed by atoms with Crippen LogP contribution in [0.3, 0.4) is 0 Å². The van der Waals surface area contributed by atoms with E-state index in [-0.39, 0.29) is 12.4 Å². The topological polar surface area (TPSA) is 55.8 Å². The van der Waals surface area contributed by atoms with Crippen molar-refractivity contribution in [3.8, 4) is 0 Å². The SMILES string of the molecule is CN(CCC(=O)OCC1CCCCC1)C(=O)OC(C)(C)C. The molecule has 1 aliphatic carbocycles. The second-order valence-corrected chi connectivity index (χ2v) is 6.84. The van der Waals surface area contributed by atoms with Crippen LogP contribution in [0.15, 0.2) is 0 Å². The van der Waals surface area contributed by atoms with E-state index in [1.54, 1.807) is 7.05 Å². The Bertz CT molecular complexity index is 343. The smallest absolute Gasteiger partial charge is 0.410 e. The maximum Gasteiger partial charge on any atom is 0.410 e. The van der Waals surface area contributed by atoms with Crippen molar-refractivity contribution in [1.82, 2.24) is 4.90 Å². The highest BCUT2D eigenvalue weighted by atomic mass is 16.6. The number of hydrogen-bond acceptors (Lipinski definition) is 4. The van der Waals surface area contributed by atoms with Crippen molar-refractivity contribution in [2.45, 2.75) is 64.9 Å². The fraction of sp³-hybridized carbons (Fsp3) is 0.875. The summed E-state index contributed by atoms with van der Waals surface area (Å²) in [6.45, 7) is 6.29. The molecule has 0 aromatic heterocycles. The van der Waals surface area contributed by atoms with Crippen molar-refractivity contribution in [1.29, 1.82) is 0 Å². The van der Waals surface area contributed by atoms with Gasteiger partial charge in [-0.25, -0.2) is 4.79 Å². The standard InChI is InChI=1S/C16H29NO4/c1-16(2,3)21-15(19)17(4)11-10-14(18)20-12-13-8-6-5-7-9-13/h13H,5-12H2,1-4H3. The fourth-order valence-electron chi connectivity index (χ4n) is 2.33.